The van der Waals surface area contributed by atoms with E-state index < -0.39 is 18.5 Å². The van der Waals surface area contributed by atoms with Crippen molar-refractivity contribution in [1.29, 1.82) is 0 Å². The average molecular weight is 300 g/mol. The Bertz CT molecular complexity index is 716. The van der Waals surface area contributed by atoms with Gasteiger partial charge in [0.1, 0.15) is 0 Å². The van der Waals surface area contributed by atoms with Gasteiger partial charge < -0.3 is 15.8 Å². The number of ether oxygens (including phenoxy) is 1. The zero-order valence-electron chi connectivity index (χ0n) is 12.3. The summed E-state index contributed by atoms with van der Waals surface area (Å²) in [6.07, 6.45) is 2.68. The molecule has 0 fully saturated rings. The maximum atomic E-state index is 11.8. The van der Waals surface area contributed by atoms with Crippen molar-refractivity contribution in [2.24, 2.45) is 0 Å². The van der Waals surface area contributed by atoms with Crippen LogP contribution in [-0.2, 0) is 9.53 Å². The second-order valence-corrected chi connectivity index (χ2v) is 4.71. The molecule has 1 heterocycles. The van der Waals surface area contributed by atoms with Crippen LogP contribution >= 0.6 is 0 Å². The summed E-state index contributed by atoms with van der Waals surface area (Å²) in [4.78, 5) is 31.0. The van der Waals surface area contributed by atoms with Crippen LogP contribution < -0.4 is 11.1 Å². The Morgan fingerprint density at radius 3 is 2.59 bits per heavy atom. The summed E-state index contributed by atoms with van der Waals surface area (Å²) in [6, 6.07) is 5.52. The third kappa shape index (κ3) is 3.78. The van der Waals surface area contributed by atoms with Gasteiger partial charge in [0.2, 0.25) is 0 Å². The largest absolute Gasteiger partial charge is 0.451 e. The van der Waals surface area contributed by atoms with Crippen molar-refractivity contribution in [3.63, 3.8) is 0 Å². The Hall–Kier alpha value is -2.96. The van der Waals surface area contributed by atoms with Gasteiger partial charge in [-0.25, -0.2) is 14.8 Å². The fourth-order valence-corrected chi connectivity index (χ4v) is 1.72. The highest BCUT2D eigenvalue weighted by molar-refractivity contribution is 5.96. The van der Waals surface area contributed by atoms with Gasteiger partial charge in [0.15, 0.2) is 18.1 Å². The van der Waals surface area contributed by atoms with Crippen molar-refractivity contribution in [3.8, 4) is 0 Å². The standard InChI is InChI=1S/C15H16N4O3/c1-9-3-4-11(7-10(9)2)19-12(20)8-22-15(21)13-14(16)18-6-5-17-13/h3-7H,8H2,1-2H3,(H2,16,18)(H,19,20). The predicted octanol–water partition coefficient (Wildman–Crippen LogP) is 1.47. The molecule has 114 valence electrons. The summed E-state index contributed by atoms with van der Waals surface area (Å²) in [5, 5.41) is 2.65. The van der Waals surface area contributed by atoms with Crippen molar-refractivity contribution in [2.75, 3.05) is 17.7 Å². The lowest BCUT2D eigenvalue weighted by molar-refractivity contribution is -0.119. The molecule has 0 radical (unpaired) electrons. The summed E-state index contributed by atoms with van der Waals surface area (Å²) in [5.74, 6) is -1.28. The lowest BCUT2D eigenvalue weighted by atomic mass is 10.1. The molecule has 1 aromatic carbocycles. The molecule has 0 saturated carbocycles. The molecule has 0 aliphatic rings. The van der Waals surface area contributed by atoms with Crippen LogP contribution in [0.5, 0.6) is 0 Å². The molecule has 7 heteroatoms. The molecular weight excluding hydrogens is 284 g/mol. The minimum Gasteiger partial charge on any atom is -0.451 e. The molecular formula is C15H16N4O3. The summed E-state index contributed by atoms with van der Waals surface area (Å²) < 4.78 is 4.86. The van der Waals surface area contributed by atoms with E-state index in [2.05, 4.69) is 15.3 Å². The number of benzene rings is 1. The highest BCUT2D eigenvalue weighted by Crippen LogP contribution is 2.14. The van der Waals surface area contributed by atoms with E-state index in [0.29, 0.717) is 5.69 Å². The van der Waals surface area contributed by atoms with Crippen LogP contribution in [0.25, 0.3) is 0 Å². The normalized spacial score (nSPS) is 10.1. The number of aromatic nitrogens is 2. The average Bonchev–Trinajstić information content (AvgIpc) is 2.49. The van der Waals surface area contributed by atoms with E-state index in [1.807, 2.05) is 26.0 Å². The minimum atomic E-state index is -0.791. The summed E-state index contributed by atoms with van der Waals surface area (Å²) in [7, 11) is 0. The molecule has 7 nitrogen and oxygen atoms in total. The first-order valence-electron chi connectivity index (χ1n) is 6.58. The first-order chi connectivity index (χ1) is 10.5. The highest BCUT2D eigenvalue weighted by atomic mass is 16.5. The Morgan fingerprint density at radius 2 is 1.91 bits per heavy atom. The van der Waals surface area contributed by atoms with Gasteiger partial charge in [-0.2, -0.15) is 0 Å². The van der Waals surface area contributed by atoms with Crippen LogP contribution in [0.4, 0.5) is 11.5 Å². The first kappa shape index (κ1) is 15.4. The van der Waals surface area contributed by atoms with E-state index in [-0.39, 0.29) is 11.5 Å². The van der Waals surface area contributed by atoms with Crippen molar-refractivity contribution >= 4 is 23.4 Å². The number of amides is 1. The molecule has 0 aliphatic heterocycles. The molecule has 0 atom stereocenters. The van der Waals surface area contributed by atoms with E-state index in [0.717, 1.165) is 11.1 Å². The summed E-state index contributed by atoms with van der Waals surface area (Å²) >= 11 is 0. The Morgan fingerprint density at radius 1 is 1.18 bits per heavy atom. The smallest absolute Gasteiger partial charge is 0.361 e. The van der Waals surface area contributed by atoms with E-state index in [9.17, 15) is 9.59 Å². The number of nitrogens with one attached hydrogen (secondary N) is 1. The number of nitrogen functional groups attached to an aromatic ring is 1. The minimum absolute atomic E-state index is 0.0398. The van der Waals surface area contributed by atoms with E-state index >= 15 is 0 Å². The first-order valence-corrected chi connectivity index (χ1v) is 6.58. The topological polar surface area (TPSA) is 107 Å². The number of anilines is 2. The number of nitrogens with zero attached hydrogens (tertiary/aromatic N) is 2. The van der Waals surface area contributed by atoms with Gasteiger partial charge in [-0.05, 0) is 37.1 Å². The van der Waals surface area contributed by atoms with Crippen LogP contribution in [0.3, 0.4) is 0 Å². The monoisotopic (exact) mass is 300 g/mol. The molecule has 0 saturated heterocycles. The van der Waals surface area contributed by atoms with Crippen LogP contribution in [0.15, 0.2) is 30.6 Å². The predicted molar refractivity (Wildman–Crippen MR) is 81.3 cm³/mol. The zero-order chi connectivity index (χ0) is 16.1. The number of carbonyl (C=O) groups is 2. The maximum absolute atomic E-state index is 11.8. The quantitative estimate of drug-likeness (QED) is 0.828. The van der Waals surface area contributed by atoms with E-state index in [1.165, 1.54) is 12.4 Å². The van der Waals surface area contributed by atoms with Gasteiger partial charge in [-0.3, -0.25) is 4.79 Å². The second-order valence-electron chi connectivity index (χ2n) is 4.71. The van der Waals surface area contributed by atoms with Crippen LogP contribution in [0.2, 0.25) is 0 Å². The molecule has 3 N–H and O–H groups in total. The molecule has 1 amide bonds. The fourth-order valence-electron chi connectivity index (χ4n) is 1.72. The molecule has 0 unspecified atom stereocenters. The number of aryl methyl sites for hydroxylation is 2. The number of rotatable bonds is 4. The van der Waals surface area contributed by atoms with E-state index in [4.69, 9.17) is 10.5 Å². The lowest BCUT2D eigenvalue weighted by Crippen LogP contribution is -2.22. The molecule has 2 rings (SSSR count). The van der Waals surface area contributed by atoms with Crippen LogP contribution in [0.1, 0.15) is 21.6 Å². The number of hydrogen-bond donors (Lipinski definition) is 2. The number of carbonyl (C=O) groups excluding carboxylic acids is 2. The van der Waals surface area contributed by atoms with Crippen molar-refractivity contribution in [1.82, 2.24) is 9.97 Å². The SMILES string of the molecule is Cc1ccc(NC(=O)COC(=O)c2nccnc2N)cc1C. The van der Waals surface area contributed by atoms with Gasteiger partial charge in [-0.1, -0.05) is 6.07 Å². The molecule has 0 aliphatic carbocycles. The fraction of sp³-hybridized carbons (Fsp3) is 0.200. The second kappa shape index (κ2) is 6.66. The van der Waals surface area contributed by atoms with Crippen LogP contribution in [-0.4, -0.2) is 28.5 Å². The molecule has 0 bridgehead atoms. The third-order valence-corrected chi connectivity index (χ3v) is 3.04. The van der Waals surface area contributed by atoms with Crippen molar-refractivity contribution in [3.05, 3.63) is 47.4 Å². The zero-order valence-corrected chi connectivity index (χ0v) is 12.3. The van der Waals surface area contributed by atoms with Crippen LogP contribution in [0, 0.1) is 13.8 Å². The van der Waals surface area contributed by atoms with Gasteiger partial charge in [0.25, 0.3) is 5.91 Å². The number of nitrogens with two attached hydrogens (primary N) is 1. The van der Waals surface area contributed by atoms with Gasteiger partial charge in [-0.15, -0.1) is 0 Å². The van der Waals surface area contributed by atoms with Gasteiger partial charge in [0, 0.05) is 18.1 Å². The summed E-state index contributed by atoms with van der Waals surface area (Å²) in [5.41, 5.74) is 8.22. The molecule has 1 aromatic heterocycles. The number of esters is 1. The Kier molecular flexibility index (Phi) is 4.67. The highest BCUT2D eigenvalue weighted by Gasteiger charge is 2.15. The third-order valence-electron chi connectivity index (χ3n) is 3.04. The summed E-state index contributed by atoms with van der Waals surface area (Å²) in [6.45, 7) is 3.50. The molecule has 0 spiro atoms. The molecule has 22 heavy (non-hydrogen) atoms. The molecule has 2 aromatic rings. The van der Waals surface area contributed by atoms with Crippen molar-refractivity contribution in [2.45, 2.75) is 13.8 Å². The Labute approximate surface area is 127 Å². The van der Waals surface area contributed by atoms with E-state index in [1.54, 1.807) is 6.07 Å². The Balaban J connectivity index is 1.91. The van der Waals surface area contributed by atoms with Gasteiger partial charge in [0.05, 0.1) is 0 Å². The van der Waals surface area contributed by atoms with Gasteiger partial charge >= 0.3 is 5.97 Å². The number of hydrogen-bond acceptors (Lipinski definition) is 6. The maximum Gasteiger partial charge on any atom is 0.361 e. The van der Waals surface area contributed by atoms with Crippen molar-refractivity contribution < 1.29 is 14.3 Å². The lowest BCUT2D eigenvalue weighted by Gasteiger charge is -2.08.